The minimum atomic E-state index is 0.295. The molecule has 1 aromatic rings. The van der Waals surface area contributed by atoms with Gasteiger partial charge in [0.05, 0.1) is 11.6 Å². The summed E-state index contributed by atoms with van der Waals surface area (Å²) in [5, 5.41) is 0.672. The molecule has 3 heteroatoms. The molecule has 0 amide bonds. The van der Waals surface area contributed by atoms with Crippen molar-refractivity contribution < 1.29 is 4.74 Å². The molecular weight excluding hydrogens is 222 g/mol. The Hall–Kier alpha value is -0.730. The van der Waals surface area contributed by atoms with E-state index in [-0.39, 0.29) is 0 Å². The van der Waals surface area contributed by atoms with E-state index < -0.39 is 0 Å². The van der Waals surface area contributed by atoms with E-state index in [0.29, 0.717) is 17.7 Å². The molecule has 1 aromatic carbocycles. The predicted octanol–water partition coefficient (Wildman–Crippen LogP) is 3.15. The third-order valence-electron chi connectivity index (χ3n) is 3.02. The van der Waals surface area contributed by atoms with E-state index in [0.717, 1.165) is 23.7 Å². The molecule has 0 heterocycles. The third kappa shape index (κ3) is 3.13. The number of hydrogen-bond acceptors (Lipinski definition) is 2. The molecule has 2 rings (SSSR count). The Kier molecular flexibility index (Phi) is 3.72. The number of ether oxygens (including phenoxy) is 1. The van der Waals surface area contributed by atoms with Crippen LogP contribution in [-0.4, -0.2) is 12.6 Å². The second-order valence-electron chi connectivity index (χ2n) is 4.57. The van der Waals surface area contributed by atoms with E-state index in [1.807, 2.05) is 25.1 Å². The van der Waals surface area contributed by atoms with Gasteiger partial charge in [0.2, 0.25) is 0 Å². The molecule has 1 fully saturated rings. The zero-order valence-electron chi connectivity index (χ0n) is 9.58. The molecule has 0 bridgehead atoms. The summed E-state index contributed by atoms with van der Waals surface area (Å²) in [5.41, 5.74) is 7.16. The molecule has 0 aliphatic heterocycles. The van der Waals surface area contributed by atoms with Crippen LogP contribution < -0.4 is 10.5 Å². The van der Waals surface area contributed by atoms with Gasteiger partial charge in [-0.25, -0.2) is 0 Å². The van der Waals surface area contributed by atoms with E-state index in [2.05, 4.69) is 0 Å². The van der Waals surface area contributed by atoms with E-state index in [1.54, 1.807) is 0 Å². The van der Waals surface area contributed by atoms with Gasteiger partial charge in [-0.15, -0.1) is 0 Å². The minimum Gasteiger partial charge on any atom is -0.492 e. The van der Waals surface area contributed by atoms with Crippen LogP contribution >= 0.6 is 11.6 Å². The maximum absolute atomic E-state index is 6.03. The number of aryl methyl sites for hydroxylation is 1. The summed E-state index contributed by atoms with van der Waals surface area (Å²) in [5.74, 6) is 1.50. The first kappa shape index (κ1) is 11.7. The van der Waals surface area contributed by atoms with E-state index in [1.165, 1.54) is 12.8 Å². The monoisotopic (exact) mass is 239 g/mol. The van der Waals surface area contributed by atoms with Gasteiger partial charge in [0.15, 0.2) is 0 Å². The van der Waals surface area contributed by atoms with E-state index in [4.69, 9.17) is 22.1 Å². The Labute approximate surface area is 102 Å². The Balaban J connectivity index is 1.81. The molecule has 1 aliphatic carbocycles. The van der Waals surface area contributed by atoms with Gasteiger partial charge in [-0.3, -0.25) is 0 Å². The SMILES string of the molecule is Cc1ccc(Cl)c(OCCC(N)C2CC2)c1. The molecule has 0 radical (unpaired) electrons. The van der Waals surface area contributed by atoms with Crippen LogP contribution in [0.15, 0.2) is 18.2 Å². The standard InChI is InChI=1S/C13H18ClNO/c1-9-2-5-11(14)13(8-9)16-7-6-12(15)10-3-4-10/h2,5,8,10,12H,3-4,6-7,15H2,1H3. The van der Waals surface area contributed by atoms with Gasteiger partial charge in [-0.2, -0.15) is 0 Å². The van der Waals surface area contributed by atoms with E-state index >= 15 is 0 Å². The zero-order valence-corrected chi connectivity index (χ0v) is 10.3. The van der Waals surface area contributed by atoms with Crippen molar-refractivity contribution in [3.8, 4) is 5.75 Å². The maximum Gasteiger partial charge on any atom is 0.138 e. The highest BCUT2D eigenvalue weighted by Crippen LogP contribution is 2.33. The molecule has 2 nitrogen and oxygen atoms in total. The highest BCUT2D eigenvalue weighted by molar-refractivity contribution is 6.32. The Morgan fingerprint density at radius 3 is 2.94 bits per heavy atom. The largest absolute Gasteiger partial charge is 0.492 e. The molecule has 1 saturated carbocycles. The highest BCUT2D eigenvalue weighted by Gasteiger charge is 2.28. The van der Waals surface area contributed by atoms with Crippen LogP contribution in [0.1, 0.15) is 24.8 Å². The van der Waals surface area contributed by atoms with Crippen LogP contribution in [0.2, 0.25) is 5.02 Å². The lowest BCUT2D eigenvalue weighted by Crippen LogP contribution is -2.24. The molecular formula is C13H18ClNO. The Morgan fingerprint density at radius 2 is 2.25 bits per heavy atom. The zero-order chi connectivity index (χ0) is 11.5. The third-order valence-corrected chi connectivity index (χ3v) is 3.34. The van der Waals surface area contributed by atoms with Crippen LogP contribution in [0.3, 0.4) is 0 Å². The number of halogens is 1. The Bertz CT molecular complexity index is 363. The first-order valence-electron chi connectivity index (χ1n) is 5.81. The van der Waals surface area contributed by atoms with Crippen molar-refractivity contribution in [3.05, 3.63) is 28.8 Å². The number of benzene rings is 1. The van der Waals surface area contributed by atoms with Crippen LogP contribution in [0.4, 0.5) is 0 Å². The fraction of sp³-hybridized carbons (Fsp3) is 0.538. The van der Waals surface area contributed by atoms with Crippen molar-refractivity contribution in [2.45, 2.75) is 32.2 Å². The van der Waals surface area contributed by atoms with Crippen LogP contribution in [0, 0.1) is 12.8 Å². The molecule has 1 unspecified atom stereocenters. The second kappa shape index (κ2) is 5.07. The first-order chi connectivity index (χ1) is 7.66. The normalized spacial score (nSPS) is 17.2. The lowest BCUT2D eigenvalue weighted by atomic mass is 10.1. The first-order valence-corrected chi connectivity index (χ1v) is 6.19. The highest BCUT2D eigenvalue weighted by atomic mass is 35.5. The van der Waals surface area contributed by atoms with Gasteiger partial charge in [0, 0.05) is 6.04 Å². The quantitative estimate of drug-likeness (QED) is 0.857. The number of rotatable bonds is 5. The maximum atomic E-state index is 6.03. The van der Waals surface area contributed by atoms with Gasteiger partial charge in [0.25, 0.3) is 0 Å². The Morgan fingerprint density at radius 1 is 1.50 bits per heavy atom. The van der Waals surface area contributed by atoms with Gasteiger partial charge >= 0.3 is 0 Å². The van der Waals surface area contributed by atoms with Crippen LogP contribution in [-0.2, 0) is 0 Å². The van der Waals surface area contributed by atoms with Crippen molar-refractivity contribution >= 4 is 11.6 Å². The minimum absolute atomic E-state index is 0.295. The molecule has 2 N–H and O–H groups in total. The van der Waals surface area contributed by atoms with Crippen LogP contribution in [0.5, 0.6) is 5.75 Å². The lowest BCUT2D eigenvalue weighted by molar-refractivity contribution is 0.291. The number of nitrogens with two attached hydrogens (primary N) is 1. The number of hydrogen-bond donors (Lipinski definition) is 1. The summed E-state index contributed by atoms with van der Waals surface area (Å²) in [7, 11) is 0. The molecule has 1 atom stereocenters. The van der Waals surface area contributed by atoms with Crippen molar-refractivity contribution in [1.82, 2.24) is 0 Å². The smallest absolute Gasteiger partial charge is 0.138 e. The molecule has 0 spiro atoms. The fourth-order valence-electron chi connectivity index (χ4n) is 1.79. The van der Waals surface area contributed by atoms with Crippen LogP contribution in [0.25, 0.3) is 0 Å². The van der Waals surface area contributed by atoms with Crippen molar-refractivity contribution in [2.24, 2.45) is 11.7 Å². The average molecular weight is 240 g/mol. The molecule has 0 saturated heterocycles. The van der Waals surface area contributed by atoms with Gasteiger partial charge in [-0.05, 0) is 49.8 Å². The summed E-state index contributed by atoms with van der Waals surface area (Å²) < 4.78 is 5.65. The molecule has 1 aliphatic rings. The topological polar surface area (TPSA) is 35.2 Å². The van der Waals surface area contributed by atoms with Crippen molar-refractivity contribution in [2.75, 3.05) is 6.61 Å². The average Bonchev–Trinajstić information content (AvgIpc) is 3.06. The van der Waals surface area contributed by atoms with Gasteiger partial charge in [-0.1, -0.05) is 17.7 Å². The molecule has 0 aromatic heterocycles. The van der Waals surface area contributed by atoms with Gasteiger partial charge in [0.1, 0.15) is 5.75 Å². The lowest BCUT2D eigenvalue weighted by Gasteiger charge is -2.12. The summed E-state index contributed by atoms with van der Waals surface area (Å²) in [6.45, 7) is 2.68. The summed E-state index contributed by atoms with van der Waals surface area (Å²) >= 11 is 6.03. The molecule has 88 valence electrons. The molecule has 16 heavy (non-hydrogen) atoms. The predicted molar refractivity (Wildman–Crippen MR) is 67.0 cm³/mol. The van der Waals surface area contributed by atoms with Gasteiger partial charge < -0.3 is 10.5 Å². The van der Waals surface area contributed by atoms with E-state index in [9.17, 15) is 0 Å². The summed E-state index contributed by atoms with van der Waals surface area (Å²) in [4.78, 5) is 0. The second-order valence-corrected chi connectivity index (χ2v) is 4.98. The van der Waals surface area contributed by atoms with Crippen molar-refractivity contribution in [1.29, 1.82) is 0 Å². The summed E-state index contributed by atoms with van der Waals surface area (Å²) in [6, 6.07) is 6.10. The fourth-order valence-corrected chi connectivity index (χ4v) is 1.96. The van der Waals surface area contributed by atoms with Crippen molar-refractivity contribution in [3.63, 3.8) is 0 Å². The summed E-state index contributed by atoms with van der Waals surface area (Å²) in [6.07, 6.45) is 3.48.